The van der Waals surface area contributed by atoms with Gasteiger partial charge >= 0.3 is 5.97 Å². The molecule has 2 aromatic rings. The fraction of sp³-hybridized carbons (Fsp3) is 0.154. The van der Waals surface area contributed by atoms with Crippen molar-refractivity contribution >= 4 is 35.1 Å². The van der Waals surface area contributed by atoms with Gasteiger partial charge in [-0.2, -0.15) is 5.10 Å². The highest BCUT2D eigenvalue weighted by Gasteiger charge is 2.21. The van der Waals surface area contributed by atoms with E-state index in [-0.39, 0.29) is 17.8 Å². The van der Waals surface area contributed by atoms with Crippen LogP contribution in [0.3, 0.4) is 0 Å². The Morgan fingerprint density at radius 1 is 1.38 bits per heavy atom. The largest absolute Gasteiger partial charge is 0.478 e. The summed E-state index contributed by atoms with van der Waals surface area (Å²) in [6.45, 7) is 0.152. The zero-order valence-corrected chi connectivity index (χ0v) is 12.4. The van der Waals surface area contributed by atoms with Gasteiger partial charge in [-0.1, -0.05) is 29.3 Å². The number of nitrogens with one attached hydrogen (secondary N) is 1. The predicted molar refractivity (Wildman–Crippen MR) is 77.8 cm³/mol. The van der Waals surface area contributed by atoms with Gasteiger partial charge in [0, 0.05) is 23.6 Å². The summed E-state index contributed by atoms with van der Waals surface area (Å²) in [6.07, 6.45) is 1.13. The minimum Gasteiger partial charge on any atom is -0.478 e. The normalized spacial score (nSPS) is 10.4. The Morgan fingerprint density at radius 2 is 2.10 bits per heavy atom. The Morgan fingerprint density at radius 3 is 2.71 bits per heavy atom. The van der Waals surface area contributed by atoms with E-state index in [1.165, 1.54) is 11.7 Å². The van der Waals surface area contributed by atoms with Gasteiger partial charge in [-0.05, 0) is 17.7 Å². The van der Waals surface area contributed by atoms with Crippen LogP contribution < -0.4 is 5.32 Å². The summed E-state index contributed by atoms with van der Waals surface area (Å²) in [6, 6.07) is 4.91. The lowest BCUT2D eigenvalue weighted by Gasteiger charge is -2.08. The Balaban J connectivity index is 2.16. The first-order chi connectivity index (χ1) is 9.90. The minimum absolute atomic E-state index is 0.0208. The molecule has 0 fully saturated rings. The number of carbonyl (C=O) groups is 2. The maximum atomic E-state index is 12.1. The molecule has 0 radical (unpaired) electrons. The first-order valence-electron chi connectivity index (χ1n) is 5.87. The molecular weight excluding hydrogens is 317 g/mol. The Kier molecular flexibility index (Phi) is 4.50. The average molecular weight is 328 g/mol. The zero-order valence-electron chi connectivity index (χ0n) is 10.9. The van der Waals surface area contributed by atoms with Crippen molar-refractivity contribution in [1.82, 2.24) is 15.1 Å². The van der Waals surface area contributed by atoms with Crippen LogP contribution in [0.4, 0.5) is 0 Å². The third kappa shape index (κ3) is 3.34. The maximum absolute atomic E-state index is 12.1. The van der Waals surface area contributed by atoms with Crippen LogP contribution in [0.2, 0.25) is 10.0 Å². The van der Waals surface area contributed by atoms with Crippen LogP contribution in [0.25, 0.3) is 0 Å². The smallest absolute Gasteiger partial charge is 0.339 e. The van der Waals surface area contributed by atoms with Crippen molar-refractivity contribution < 1.29 is 14.7 Å². The van der Waals surface area contributed by atoms with Crippen molar-refractivity contribution in [2.24, 2.45) is 7.05 Å². The molecule has 110 valence electrons. The van der Waals surface area contributed by atoms with Crippen molar-refractivity contribution in [3.8, 4) is 0 Å². The average Bonchev–Trinajstić information content (AvgIpc) is 2.79. The molecule has 0 aliphatic carbocycles. The number of carboxylic acids is 1. The molecule has 8 heteroatoms. The van der Waals surface area contributed by atoms with E-state index in [1.807, 2.05) is 0 Å². The minimum atomic E-state index is -1.21. The van der Waals surface area contributed by atoms with Crippen molar-refractivity contribution in [1.29, 1.82) is 0 Å². The molecule has 0 atom stereocenters. The molecule has 0 bridgehead atoms. The van der Waals surface area contributed by atoms with Crippen LogP contribution in [-0.2, 0) is 13.6 Å². The second-order valence-electron chi connectivity index (χ2n) is 4.25. The number of aryl methyl sites for hydroxylation is 1. The van der Waals surface area contributed by atoms with Crippen LogP contribution >= 0.6 is 23.2 Å². The SMILES string of the molecule is Cn1ncc(C(=O)O)c1C(=O)NCc1ccc(Cl)cc1Cl. The molecule has 0 saturated carbocycles. The molecule has 2 N–H and O–H groups in total. The molecule has 0 unspecified atom stereocenters. The summed E-state index contributed by atoms with van der Waals surface area (Å²) in [4.78, 5) is 23.1. The predicted octanol–water partition coefficient (Wildman–Crippen LogP) is 2.36. The van der Waals surface area contributed by atoms with Crippen molar-refractivity contribution in [2.75, 3.05) is 0 Å². The lowest BCUT2D eigenvalue weighted by molar-refractivity contribution is 0.0690. The van der Waals surface area contributed by atoms with Gasteiger partial charge in [0.1, 0.15) is 11.3 Å². The maximum Gasteiger partial charge on any atom is 0.339 e. The van der Waals surface area contributed by atoms with Gasteiger partial charge in [-0.3, -0.25) is 9.48 Å². The number of aromatic nitrogens is 2. The second kappa shape index (κ2) is 6.15. The van der Waals surface area contributed by atoms with Crippen molar-refractivity contribution in [3.05, 3.63) is 51.3 Å². The van der Waals surface area contributed by atoms with Gasteiger partial charge in [-0.15, -0.1) is 0 Å². The lowest BCUT2D eigenvalue weighted by atomic mass is 10.2. The molecule has 1 aromatic carbocycles. The van der Waals surface area contributed by atoms with Crippen LogP contribution in [0.1, 0.15) is 26.4 Å². The summed E-state index contributed by atoms with van der Waals surface area (Å²) in [5, 5.41) is 16.3. The summed E-state index contributed by atoms with van der Waals surface area (Å²) in [5.41, 5.74) is 0.498. The van der Waals surface area contributed by atoms with E-state index >= 15 is 0 Å². The van der Waals surface area contributed by atoms with Gasteiger partial charge in [0.2, 0.25) is 0 Å². The molecular formula is C13H11Cl2N3O3. The van der Waals surface area contributed by atoms with Crippen LogP contribution in [0, 0.1) is 0 Å². The molecule has 1 aromatic heterocycles. The number of halogens is 2. The molecule has 0 aliphatic heterocycles. The number of hydrogen-bond acceptors (Lipinski definition) is 3. The van der Waals surface area contributed by atoms with Crippen LogP contribution in [0.15, 0.2) is 24.4 Å². The first-order valence-corrected chi connectivity index (χ1v) is 6.63. The number of benzene rings is 1. The molecule has 1 amide bonds. The van der Waals surface area contributed by atoms with E-state index in [0.29, 0.717) is 15.6 Å². The Labute approximate surface area is 130 Å². The number of hydrogen-bond donors (Lipinski definition) is 2. The Bertz CT molecular complexity index is 713. The second-order valence-corrected chi connectivity index (χ2v) is 5.10. The zero-order chi connectivity index (χ0) is 15.6. The quantitative estimate of drug-likeness (QED) is 0.902. The number of nitrogens with zero attached hydrogens (tertiary/aromatic N) is 2. The monoisotopic (exact) mass is 327 g/mol. The van der Waals surface area contributed by atoms with E-state index in [9.17, 15) is 9.59 Å². The number of aromatic carboxylic acids is 1. The number of carbonyl (C=O) groups excluding carboxylic acids is 1. The summed E-state index contributed by atoms with van der Waals surface area (Å²) >= 11 is 11.8. The number of carboxylic acid groups (broad SMARTS) is 1. The molecule has 1 heterocycles. The number of amides is 1. The van der Waals surface area contributed by atoms with E-state index in [1.54, 1.807) is 18.2 Å². The van der Waals surface area contributed by atoms with E-state index < -0.39 is 11.9 Å². The van der Waals surface area contributed by atoms with Gasteiger partial charge in [0.05, 0.1) is 6.20 Å². The molecule has 0 spiro atoms. The van der Waals surface area contributed by atoms with Gasteiger partial charge in [0.25, 0.3) is 5.91 Å². The molecule has 2 rings (SSSR count). The summed E-state index contributed by atoms with van der Waals surface area (Å²) in [5.74, 6) is -1.75. The fourth-order valence-corrected chi connectivity index (χ4v) is 2.26. The standard InChI is InChI=1S/C13H11Cl2N3O3/c1-18-11(9(6-17-18)13(20)21)12(19)16-5-7-2-3-8(14)4-10(7)15/h2-4,6H,5H2,1H3,(H,16,19)(H,20,21). The fourth-order valence-electron chi connectivity index (χ4n) is 1.79. The highest BCUT2D eigenvalue weighted by atomic mass is 35.5. The topological polar surface area (TPSA) is 84.2 Å². The van der Waals surface area contributed by atoms with Crippen LogP contribution in [-0.4, -0.2) is 26.8 Å². The molecule has 0 saturated heterocycles. The van der Waals surface area contributed by atoms with Crippen molar-refractivity contribution in [3.63, 3.8) is 0 Å². The highest BCUT2D eigenvalue weighted by molar-refractivity contribution is 6.35. The van der Waals surface area contributed by atoms with Gasteiger partial charge in [-0.25, -0.2) is 4.79 Å². The first kappa shape index (κ1) is 15.3. The summed E-state index contributed by atoms with van der Waals surface area (Å²) in [7, 11) is 1.50. The Hall–Kier alpha value is -2.05. The van der Waals surface area contributed by atoms with Crippen LogP contribution in [0.5, 0.6) is 0 Å². The molecule has 21 heavy (non-hydrogen) atoms. The van der Waals surface area contributed by atoms with Crippen molar-refractivity contribution in [2.45, 2.75) is 6.54 Å². The van der Waals surface area contributed by atoms with E-state index in [4.69, 9.17) is 28.3 Å². The van der Waals surface area contributed by atoms with E-state index in [2.05, 4.69) is 10.4 Å². The molecule has 6 nitrogen and oxygen atoms in total. The highest BCUT2D eigenvalue weighted by Crippen LogP contribution is 2.20. The van der Waals surface area contributed by atoms with Gasteiger partial charge < -0.3 is 10.4 Å². The number of rotatable bonds is 4. The third-order valence-corrected chi connectivity index (χ3v) is 3.43. The third-order valence-electron chi connectivity index (χ3n) is 2.84. The van der Waals surface area contributed by atoms with Gasteiger partial charge in [0.15, 0.2) is 0 Å². The summed E-state index contributed by atoms with van der Waals surface area (Å²) < 4.78 is 1.21. The van der Waals surface area contributed by atoms with E-state index in [0.717, 1.165) is 6.20 Å². The lowest BCUT2D eigenvalue weighted by Crippen LogP contribution is -2.27. The molecule has 0 aliphatic rings.